The number of hydrogen-bond acceptors (Lipinski definition) is 5. The fourth-order valence-electron chi connectivity index (χ4n) is 2.72. The summed E-state index contributed by atoms with van der Waals surface area (Å²) in [5.74, 6) is -0.690. The summed E-state index contributed by atoms with van der Waals surface area (Å²) in [5.41, 5.74) is -0.225. The SMILES string of the molecule is CCOC(=O)c1oc2ccc(S(=O)(=O)c3ccc(C(F)(F)F)cc3)cc2c1C. The highest BCUT2D eigenvalue weighted by Gasteiger charge is 2.31. The van der Waals surface area contributed by atoms with Crippen LogP contribution in [0.3, 0.4) is 0 Å². The molecule has 0 unspecified atom stereocenters. The first-order chi connectivity index (χ1) is 13.1. The molecular formula is C19H15F3O5S. The summed E-state index contributed by atoms with van der Waals surface area (Å²) >= 11 is 0. The van der Waals surface area contributed by atoms with E-state index >= 15 is 0 Å². The molecule has 9 heteroatoms. The van der Waals surface area contributed by atoms with Crippen LogP contribution in [-0.4, -0.2) is 21.0 Å². The highest BCUT2D eigenvalue weighted by molar-refractivity contribution is 7.91. The van der Waals surface area contributed by atoms with E-state index in [4.69, 9.17) is 9.15 Å². The highest BCUT2D eigenvalue weighted by Crippen LogP contribution is 2.33. The van der Waals surface area contributed by atoms with Gasteiger partial charge in [-0.3, -0.25) is 0 Å². The quantitative estimate of drug-likeness (QED) is 0.577. The van der Waals surface area contributed by atoms with E-state index < -0.39 is 27.5 Å². The van der Waals surface area contributed by atoms with Gasteiger partial charge >= 0.3 is 12.1 Å². The molecule has 0 amide bonds. The Hall–Kier alpha value is -2.81. The maximum Gasteiger partial charge on any atom is 0.416 e. The molecular weight excluding hydrogens is 397 g/mol. The first-order valence-electron chi connectivity index (χ1n) is 8.18. The van der Waals surface area contributed by atoms with Crippen molar-refractivity contribution >= 4 is 26.8 Å². The predicted octanol–water partition coefficient (Wildman–Crippen LogP) is 4.77. The zero-order valence-corrected chi connectivity index (χ0v) is 15.6. The zero-order chi connectivity index (χ0) is 20.7. The van der Waals surface area contributed by atoms with Crippen molar-refractivity contribution in [2.45, 2.75) is 29.8 Å². The number of hydrogen-bond donors (Lipinski definition) is 0. The number of esters is 1. The van der Waals surface area contributed by atoms with Gasteiger partial charge in [0.25, 0.3) is 0 Å². The van der Waals surface area contributed by atoms with Crippen LogP contribution in [0.25, 0.3) is 11.0 Å². The summed E-state index contributed by atoms with van der Waals surface area (Å²) in [7, 11) is -4.06. The lowest BCUT2D eigenvalue weighted by atomic mass is 10.1. The molecule has 1 aromatic heterocycles. The van der Waals surface area contributed by atoms with E-state index in [9.17, 15) is 26.4 Å². The molecule has 0 aliphatic heterocycles. The number of benzene rings is 2. The van der Waals surface area contributed by atoms with Gasteiger partial charge in [-0.2, -0.15) is 13.2 Å². The Labute approximate surface area is 158 Å². The molecule has 1 heterocycles. The molecule has 0 N–H and O–H groups in total. The number of carbonyl (C=O) groups is 1. The third-order valence-corrected chi connectivity index (χ3v) is 5.94. The Balaban J connectivity index is 2.05. The number of furan rings is 1. The van der Waals surface area contributed by atoms with Crippen molar-refractivity contribution < 1.29 is 35.5 Å². The summed E-state index contributed by atoms with van der Waals surface area (Å²) in [6.45, 7) is 3.39. The van der Waals surface area contributed by atoms with Gasteiger partial charge in [-0.25, -0.2) is 13.2 Å². The molecule has 0 radical (unpaired) electrons. The maximum absolute atomic E-state index is 12.8. The Morgan fingerprint density at radius 1 is 1.07 bits per heavy atom. The number of halogens is 3. The second-order valence-corrected chi connectivity index (χ2v) is 7.91. The van der Waals surface area contributed by atoms with Crippen LogP contribution in [0, 0.1) is 6.92 Å². The Kier molecular flexibility index (Phi) is 4.97. The van der Waals surface area contributed by atoms with Crippen LogP contribution in [0.15, 0.2) is 56.7 Å². The summed E-state index contributed by atoms with van der Waals surface area (Å²) in [5, 5.41) is 0.399. The van der Waals surface area contributed by atoms with E-state index in [1.807, 2.05) is 0 Å². The van der Waals surface area contributed by atoms with Crippen LogP contribution < -0.4 is 0 Å². The van der Waals surface area contributed by atoms with Gasteiger partial charge in [-0.15, -0.1) is 0 Å². The molecule has 0 aliphatic carbocycles. The fourth-order valence-corrected chi connectivity index (χ4v) is 4.00. The van der Waals surface area contributed by atoms with E-state index in [0.29, 0.717) is 28.7 Å². The van der Waals surface area contributed by atoms with Crippen LogP contribution in [0.5, 0.6) is 0 Å². The van der Waals surface area contributed by atoms with Crippen LogP contribution in [-0.2, 0) is 20.8 Å². The van der Waals surface area contributed by atoms with Gasteiger partial charge in [-0.1, -0.05) is 0 Å². The first-order valence-corrected chi connectivity index (χ1v) is 9.66. The predicted molar refractivity (Wildman–Crippen MR) is 93.8 cm³/mol. The van der Waals surface area contributed by atoms with Crippen molar-refractivity contribution in [3.05, 3.63) is 59.4 Å². The molecule has 2 aromatic carbocycles. The van der Waals surface area contributed by atoms with E-state index in [-0.39, 0.29) is 22.2 Å². The van der Waals surface area contributed by atoms with Crippen molar-refractivity contribution in [2.24, 2.45) is 0 Å². The van der Waals surface area contributed by atoms with Crippen molar-refractivity contribution in [3.63, 3.8) is 0 Å². The summed E-state index contributed by atoms with van der Waals surface area (Å²) in [6, 6.07) is 7.24. The summed E-state index contributed by atoms with van der Waals surface area (Å²) < 4.78 is 74.0. The van der Waals surface area contributed by atoms with E-state index in [2.05, 4.69) is 0 Å². The molecule has 148 valence electrons. The maximum atomic E-state index is 12.8. The molecule has 0 fully saturated rings. The van der Waals surface area contributed by atoms with Crippen LogP contribution in [0.1, 0.15) is 28.6 Å². The minimum Gasteiger partial charge on any atom is -0.460 e. The molecule has 3 aromatic rings. The summed E-state index contributed by atoms with van der Waals surface area (Å²) in [6.07, 6.45) is -4.56. The van der Waals surface area contributed by atoms with Crippen molar-refractivity contribution in [2.75, 3.05) is 6.61 Å². The Bertz CT molecular complexity index is 1140. The van der Waals surface area contributed by atoms with E-state index in [1.54, 1.807) is 13.8 Å². The lowest BCUT2D eigenvalue weighted by Crippen LogP contribution is -2.06. The van der Waals surface area contributed by atoms with Gasteiger partial charge in [0.1, 0.15) is 5.58 Å². The molecule has 28 heavy (non-hydrogen) atoms. The highest BCUT2D eigenvalue weighted by atomic mass is 32.2. The first kappa shape index (κ1) is 19.9. The minimum atomic E-state index is -4.56. The van der Waals surface area contributed by atoms with Crippen molar-refractivity contribution in [3.8, 4) is 0 Å². The number of fused-ring (bicyclic) bond motifs is 1. The largest absolute Gasteiger partial charge is 0.460 e. The number of alkyl halides is 3. The van der Waals surface area contributed by atoms with Crippen molar-refractivity contribution in [1.29, 1.82) is 0 Å². The van der Waals surface area contributed by atoms with Gasteiger partial charge in [0, 0.05) is 10.9 Å². The molecule has 0 bridgehead atoms. The zero-order valence-electron chi connectivity index (χ0n) is 14.8. The molecule has 5 nitrogen and oxygen atoms in total. The molecule has 0 spiro atoms. The third kappa shape index (κ3) is 3.49. The van der Waals surface area contributed by atoms with Crippen LogP contribution in [0.4, 0.5) is 13.2 Å². The third-order valence-electron chi connectivity index (χ3n) is 4.17. The Morgan fingerprint density at radius 3 is 2.25 bits per heavy atom. The minimum absolute atomic E-state index is 0.0269. The number of aryl methyl sites for hydroxylation is 1. The van der Waals surface area contributed by atoms with Gasteiger partial charge < -0.3 is 9.15 Å². The normalized spacial score (nSPS) is 12.3. The van der Waals surface area contributed by atoms with Crippen molar-refractivity contribution in [1.82, 2.24) is 0 Å². The molecule has 0 saturated heterocycles. The number of ether oxygens (including phenoxy) is 1. The van der Waals surface area contributed by atoms with E-state index in [1.165, 1.54) is 18.2 Å². The number of rotatable bonds is 4. The second-order valence-electron chi connectivity index (χ2n) is 5.96. The van der Waals surface area contributed by atoms with Gasteiger partial charge in [0.15, 0.2) is 0 Å². The molecule has 3 rings (SSSR count). The van der Waals surface area contributed by atoms with Crippen LogP contribution in [0.2, 0.25) is 0 Å². The lowest BCUT2D eigenvalue weighted by Gasteiger charge is -2.08. The number of carbonyl (C=O) groups excluding carboxylic acids is 1. The standard InChI is InChI=1S/C19H15F3O5S/c1-3-26-18(23)17-11(2)15-10-14(8-9-16(15)27-17)28(24,25)13-6-4-12(5-7-13)19(20,21)22/h4-10H,3H2,1-2H3. The monoisotopic (exact) mass is 412 g/mol. The molecule has 0 atom stereocenters. The number of sulfone groups is 1. The average Bonchev–Trinajstić information content (AvgIpc) is 2.98. The molecule has 0 saturated carbocycles. The summed E-state index contributed by atoms with van der Waals surface area (Å²) in [4.78, 5) is 11.5. The van der Waals surface area contributed by atoms with E-state index in [0.717, 1.165) is 12.1 Å². The Morgan fingerprint density at radius 2 is 1.68 bits per heavy atom. The average molecular weight is 412 g/mol. The van der Waals surface area contributed by atoms with Gasteiger partial charge in [0.2, 0.25) is 15.6 Å². The van der Waals surface area contributed by atoms with Gasteiger partial charge in [-0.05, 0) is 56.3 Å². The topological polar surface area (TPSA) is 73.6 Å². The van der Waals surface area contributed by atoms with Crippen LogP contribution >= 0.6 is 0 Å². The smallest absolute Gasteiger partial charge is 0.416 e. The molecule has 0 aliphatic rings. The second kappa shape index (κ2) is 6.97. The fraction of sp³-hybridized carbons (Fsp3) is 0.211. The lowest BCUT2D eigenvalue weighted by molar-refractivity contribution is -0.137. The van der Waals surface area contributed by atoms with Gasteiger partial charge in [0.05, 0.1) is 22.0 Å².